The normalized spacial score (nSPS) is 15.6. The molecule has 33 heavy (non-hydrogen) atoms. The molecule has 0 bridgehead atoms. The largest absolute Gasteiger partial charge is 0.328 e. The first-order valence-corrected chi connectivity index (χ1v) is 12.2. The highest BCUT2D eigenvalue weighted by atomic mass is 35.5. The minimum atomic E-state index is -0.146. The number of aryl methyl sites for hydroxylation is 2. The number of hydrogen-bond acceptors (Lipinski definition) is 5. The molecule has 172 valence electrons. The molecule has 0 aliphatic carbocycles. The Morgan fingerprint density at radius 2 is 2.00 bits per heavy atom. The number of anilines is 1. The van der Waals surface area contributed by atoms with Gasteiger partial charge in [0.25, 0.3) is 5.91 Å². The van der Waals surface area contributed by atoms with Crippen LogP contribution in [-0.2, 0) is 11.8 Å². The standard InChI is InChI=1S/C24H26ClN5O2S/c1-15-6-4-7-17(12-15)23(32)30-11-5-8-20(30)22-27-28-24(29(22)3)33-14-21(31)26-19-13-18(25)10-9-16(19)2/h4,6-7,9-10,12-13,20H,5,8,11,14H2,1-3H3,(H,26,31). The molecule has 7 nitrogen and oxygen atoms in total. The van der Waals surface area contributed by atoms with Crippen molar-refractivity contribution in [3.05, 3.63) is 70.0 Å². The van der Waals surface area contributed by atoms with E-state index in [0.717, 1.165) is 29.8 Å². The average molecular weight is 484 g/mol. The minimum Gasteiger partial charge on any atom is -0.328 e. The Balaban J connectivity index is 1.43. The summed E-state index contributed by atoms with van der Waals surface area (Å²) < 4.78 is 1.88. The zero-order chi connectivity index (χ0) is 23.5. The van der Waals surface area contributed by atoms with Gasteiger partial charge in [-0.2, -0.15) is 0 Å². The molecule has 1 saturated heterocycles. The first-order valence-electron chi connectivity index (χ1n) is 10.8. The van der Waals surface area contributed by atoms with Crippen LogP contribution in [0.4, 0.5) is 5.69 Å². The Bertz CT molecular complexity index is 1200. The number of likely N-dealkylation sites (tertiary alicyclic amines) is 1. The lowest BCUT2D eigenvalue weighted by atomic mass is 10.1. The number of thioether (sulfide) groups is 1. The van der Waals surface area contributed by atoms with Crippen LogP contribution >= 0.6 is 23.4 Å². The second kappa shape index (κ2) is 9.97. The zero-order valence-corrected chi connectivity index (χ0v) is 20.4. The molecule has 1 fully saturated rings. The molecule has 4 rings (SSSR count). The summed E-state index contributed by atoms with van der Waals surface area (Å²) in [6.07, 6.45) is 1.75. The van der Waals surface area contributed by atoms with Gasteiger partial charge in [-0.25, -0.2) is 0 Å². The maximum atomic E-state index is 13.1. The van der Waals surface area contributed by atoms with E-state index in [-0.39, 0.29) is 23.6 Å². The highest BCUT2D eigenvalue weighted by molar-refractivity contribution is 7.99. The first kappa shape index (κ1) is 23.3. The zero-order valence-electron chi connectivity index (χ0n) is 18.8. The summed E-state index contributed by atoms with van der Waals surface area (Å²) >= 11 is 7.35. The molecule has 2 heterocycles. The number of rotatable bonds is 6. The fourth-order valence-corrected chi connectivity index (χ4v) is 4.90. The van der Waals surface area contributed by atoms with Crippen LogP contribution in [0, 0.1) is 13.8 Å². The van der Waals surface area contributed by atoms with E-state index in [0.29, 0.717) is 28.0 Å². The summed E-state index contributed by atoms with van der Waals surface area (Å²) in [6.45, 7) is 4.59. The molecule has 1 atom stereocenters. The molecular weight excluding hydrogens is 458 g/mol. The second-order valence-electron chi connectivity index (χ2n) is 8.22. The van der Waals surface area contributed by atoms with Crippen LogP contribution in [0.5, 0.6) is 0 Å². The van der Waals surface area contributed by atoms with E-state index in [2.05, 4.69) is 15.5 Å². The average Bonchev–Trinajstić information content (AvgIpc) is 3.40. The van der Waals surface area contributed by atoms with Crippen LogP contribution in [0.2, 0.25) is 5.02 Å². The van der Waals surface area contributed by atoms with E-state index in [4.69, 9.17) is 11.6 Å². The molecule has 0 radical (unpaired) electrons. The van der Waals surface area contributed by atoms with Crippen molar-refractivity contribution in [3.8, 4) is 0 Å². The summed E-state index contributed by atoms with van der Waals surface area (Å²) in [4.78, 5) is 27.5. The maximum Gasteiger partial charge on any atom is 0.254 e. The van der Waals surface area contributed by atoms with E-state index in [9.17, 15) is 9.59 Å². The SMILES string of the molecule is Cc1cccc(C(=O)N2CCCC2c2nnc(SCC(=O)Nc3cc(Cl)ccc3C)n2C)c1. The summed E-state index contributed by atoms with van der Waals surface area (Å²) in [7, 11) is 1.88. The molecule has 2 aromatic carbocycles. The van der Waals surface area contributed by atoms with Crippen LogP contribution in [0.1, 0.15) is 46.2 Å². The molecule has 1 unspecified atom stereocenters. The van der Waals surface area contributed by atoms with Gasteiger partial charge >= 0.3 is 0 Å². The van der Waals surface area contributed by atoms with Crippen LogP contribution in [-0.4, -0.2) is 43.8 Å². The van der Waals surface area contributed by atoms with Crippen molar-refractivity contribution in [2.24, 2.45) is 7.05 Å². The van der Waals surface area contributed by atoms with Gasteiger partial charge in [0.1, 0.15) is 0 Å². The monoisotopic (exact) mass is 483 g/mol. The van der Waals surface area contributed by atoms with Gasteiger partial charge in [-0.1, -0.05) is 47.1 Å². The second-order valence-corrected chi connectivity index (χ2v) is 9.60. The van der Waals surface area contributed by atoms with Crippen molar-refractivity contribution in [1.29, 1.82) is 0 Å². The molecular formula is C24H26ClN5O2S. The van der Waals surface area contributed by atoms with Crippen LogP contribution < -0.4 is 5.32 Å². The van der Waals surface area contributed by atoms with E-state index in [1.165, 1.54) is 11.8 Å². The lowest BCUT2D eigenvalue weighted by Gasteiger charge is -2.24. The third kappa shape index (κ3) is 5.23. The van der Waals surface area contributed by atoms with Gasteiger partial charge in [0, 0.05) is 29.9 Å². The third-order valence-corrected chi connectivity index (χ3v) is 7.01. The number of carbonyl (C=O) groups is 2. The number of amides is 2. The van der Waals surface area contributed by atoms with E-state index in [1.54, 1.807) is 12.1 Å². The van der Waals surface area contributed by atoms with Crippen molar-refractivity contribution in [1.82, 2.24) is 19.7 Å². The van der Waals surface area contributed by atoms with Crippen molar-refractivity contribution in [3.63, 3.8) is 0 Å². The topological polar surface area (TPSA) is 80.1 Å². The summed E-state index contributed by atoms with van der Waals surface area (Å²) in [5.41, 5.74) is 3.38. The van der Waals surface area contributed by atoms with Crippen molar-refractivity contribution >= 4 is 40.9 Å². The Labute approximate surface area is 202 Å². The molecule has 0 spiro atoms. The Morgan fingerprint density at radius 3 is 2.79 bits per heavy atom. The Hall–Kier alpha value is -2.84. The summed E-state index contributed by atoms with van der Waals surface area (Å²) in [5.74, 6) is 0.790. The molecule has 1 aliphatic rings. The number of hydrogen-bond donors (Lipinski definition) is 1. The van der Waals surface area contributed by atoms with E-state index >= 15 is 0 Å². The highest BCUT2D eigenvalue weighted by Gasteiger charge is 2.34. The van der Waals surface area contributed by atoms with Crippen molar-refractivity contribution in [2.75, 3.05) is 17.6 Å². The van der Waals surface area contributed by atoms with Gasteiger partial charge in [0.15, 0.2) is 11.0 Å². The third-order valence-electron chi connectivity index (χ3n) is 5.75. The number of halogens is 1. The predicted molar refractivity (Wildman–Crippen MR) is 131 cm³/mol. The van der Waals surface area contributed by atoms with Crippen LogP contribution in [0.15, 0.2) is 47.6 Å². The number of carbonyl (C=O) groups excluding carboxylic acids is 2. The van der Waals surface area contributed by atoms with Gasteiger partial charge in [0.05, 0.1) is 11.8 Å². The minimum absolute atomic E-state index is 0.00896. The van der Waals surface area contributed by atoms with Gasteiger partial charge in [0.2, 0.25) is 5.91 Å². The Morgan fingerprint density at radius 1 is 1.18 bits per heavy atom. The van der Waals surface area contributed by atoms with Gasteiger partial charge in [-0.05, 0) is 56.5 Å². The number of benzene rings is 2. The highest BCUT2D eigenvalue weighted by Crippen LogP contribution is 2.33. The number of nitrogens with one attached hydrogen (secondary N) is 1. The quantitative estimate of drug-likeness (QED) is 0.510. The van der Waals surface area contributed by atoms with Crippen LogP contribution in [0.3, 0.4) is 0 Å². The first-order chi connectivity index (χ1) is 15.8. The predicted octanol–water partition coefficient (Wildman–Crippen LogP) is 4.79. The van der Waals surface area contributed by atoms with Crippen molar-refractivity contribution in [2.45, 2.75) is 37.9 Å². The molecule has 2 amide bonds. The fraction of sp³-hybridized carbons (Fsp3) is 0.333. The van der Waals surface area contributed by atoms with Gasteiger partial charge in [-0.3, -0.25) is 9.59 Å². The molecule has 1 aliphatic heterocycles. The smallest absolute Gasteiger partial charge is 0.254 e. The Kier molecular flexibility index (Phi) is 7.05. The molecule has 3 aromatic rings. The molecule has 9 heteroatoms. The fourth-order valence-electron chi connectivity index (χ4n) is 4.01. The lowest BCUT2D eigenvalue weighted by Crippen LogP contribution is -2.32. The van der Waals surface area contributed by atoms with Crippen molar-refractivity contribution < 1.29 is 9.59 Å². The lowest BCUT2D eigenvalue weighted by molar-refractivity contribution is -0.113. The summed E-state index contributed by atoms with van der Waals surface area (Å²) in [5, 5.41) is 12.8. The van der Waals surface area contributed by atoms with E-state index in [1.807, 2.05) is 60.7 Å². The summed E-state index contributed by atoms with van der Waals surface area (Å²) in [6, 6.07) is 12.9. The molecule has 0 saturated carbocycles. The van der Waals surface area contributed by atoms with Gasteiger partial charge < -0.3 is 14.8 Å². The number of nitrogens with zero attached hydrogens (tertiary/aromatic N) is 4. The molecule has 1 N–H and O–H groups in total. The number of aromatic nitrogens is 3. The van der Waals surface area contributed by atoms with E-state index < -0.39 is 0 Å². The molecule has 1 aromatic heterocycles. The van der Waals surface area contributed by atoms with Gasteiger partial charge in [-0.15, -0.1) is 10.2 Å². The maximum absolute atomic E-state index is 13.1. The van der Waals surface area contributed by atoms with Crippen LogP contribution in [0.25, 0.3) is 0 Å².